The summed E-state index contributed by atoms with van der Waals surface area (Å²) < 4.78 is 5.92. The first-order chi connectivity index (χ1) is 11.1. The van der Waals surface area contributed by atoms with E-state index in [4.69, 9.17) is 4.74 Å². The quantitative estimate of drug-likeness (QED) is 0.852. The summed E-state index contributed by atoms with van der Waals surface area (Å²) in [5.41, 5.74) is 0.834. The summed E-state index contributed by atoms with van der Waals surface area (Å²) in [4.78, 5) is 12.4. The summed E-state index contributed by atoms with van der Waals surface area (Å²) in [6.45, 7) is 4.75. The molecule has 0 aliphatic heterocycles. The number of aliphatic hydroxyl groups is 1. The molecule has 2 fully saturated rings. The molecule has 1 N–H and O–H groups in total. The van der Waals surface area contributed by atoms with Crippen LogP contribution in [-0.4, -0.2) is 23.8 Å². The Morgan fingerprint density at radius 2 is 2.04 bits per heavy atom. The maximum Gasteiger partial charge on any atom is 0.338 e. The van der Waals surface area contributed by atoms with Crippen LogP contribution in [0.25, 0.3) is 0 Å². The first-order valence-electron chi connectivity index (χ1n) is 8.93. The Morgan fingerprint density at radius 1 is 1.30 bits per heavy atom. The second-order valence-corrected chi connectivity index (χ2v) is 7.66. The van der Waals surface area contributed by atoms with Gasteiger partial charge in [0.1, 0.15) is 6.10 Å². The highest BCUT2D eigenvalue weighted by Crippen LogP contribution is 2.58. The molecule has 0 radical (unpaired) electrons. The fraction of sp³-hybridized carbons (Fsp3) is 0.650. The minimum atomic E-state index is -0.196. The maximum absolute atomic E-state index is 12.4. The van der Waals surface area contributed by atoms with E-state index in [9.17, 15) is 9.90 Å². The van der Waals surface area contributed by atoms with Gasteiger partial charge in [-0.15, -0.1) is 0 Å². The largest absolute Gasteiger partial charge is 0.458 e. The number of hydrogen-bond acceptors (Lipinski definition) is 3. The fourth-order valence-corrected chi connectivity index (χ4v) is 5.14. The maximum atomic E-state index is 12.4. The van der Waals surface area contributed by atoms with Gasteiger partial charge in [-0.2, -0.15) is 0 Å². The Hall–Kier alpha value is -1.35. The third-order valence-electron chi connectivity index (χ3n) is 6.38. The van der Waals surface area contributed by atoms with E-state index in [1.165, 1.54) is 6.42 Å². The summed E-state index contributed by atoms with van der Waals surface area (Å²) in [5, 5.41) is 9.57. The number of esters is 1. The molecule has 23 heavy (non-hydrogen) atoms. The minimum Gasteiger partial charge on any atom is -0.458 e. The molecule has 0 saturated heterocycles. The summed E-state index contributed by atoms with van der Waals surface area (Å²) in [5.74, 6) is 1.10. The van der Waals surface area contributed by atoms with E-state index >= 15 is 0 Å². The van der Waals surface area contributed by atoms with Crippen molar-refractivity contribution >= 4 is 5.97 Å². The summed E-state index contributed by atoms with van der Waals surface area (Å²) >= 11 is 0. The highest BCUT2D eigenvalue weighted by Gasteiger charge is 2.53. The van der Waals surface area contributed by atoms with Crippen LogP contribution in [0.15, 0.2) is 30.3 Å². The Morgan fingerprint density at radius 3 is 2.74 bits per heavy atom. The van der Waals surface area contributed by atoms with Gasteiger partial charge in [-0.05, 0) is 61.5 Å². The van der Waals surface area contributed by atoms with Crippen molar-refractivity contribution < 1.29 is 14.6 Å². The van der Waals surface area contributed by atoms with E-state index in [0.717, 1.165) is 25.7 Å². The molecule has 0 bridgehead atoms. The van der Waals surface area contributed by atoms with E-state index in [-0.39, 0.29) is 24.1 Å². The molecule has 2 saturated carbocycles. The molecule has 1 aromatic carbocycles. The molecule has 0 spiro atoms. The van der Waals surface area contributed by atoms with Crippen LogP contribution in [0.2, 0.25) is 0 Å². The molecule has 126 valence electrons. The van der Waals surface area contributed by atoms with E-state index in [1.807, 2.05) is 30.3 Å². The average Bonchev–Trinajstić information content (AvgIpc) is 2.93. The van der Waals surface area contributed by atoms with Crippen molar-refractivity contribution in [3.63, 3.8) is 0 Å². The Bertz CT molecular complexity index is 541. The van der Waals surface area contributed by atoms with Gasteiger partial charge in [0.25, 0.3) is 0 Å². The molecule has 3 nitrogen and oxygen atoms in total. The van der Waals surface area contributed by atoms with Crippen LogP contribution in [0.3, 0.4) is 0 Å². The number of rotatable bonds is 4. The average molecular weight is 316 g/mol. The summed E-state index contributed by atoms with van der Waals surface area (Å²) in [6, 6.07) is 9.28. The van der Waals surface area contributed by atoms with Crippen molar-refractivity contribution in [2.24, 2.45) is 23.2 Å². The molecular formula is C20H28O3. The zero-order valence-electron chi connectivity index (χ0n) is 14.2. The first-order valence-corrected chi connectivity index (χ1v) is 8.93. The Kier molecular flexibility index (Phi) is 4.77. The van der Waals surface area contributed by atoms with Crippen molar-refractivity contribution in [3.8, 4) is 0 Å². The first kappa shape index (κ1) is 16.5. The lowest BCUT2D eigenvalue weighted by Gasteiger charge is -2.46. The van der Waals surface area contributed by atoms with E-state index in [0.29, 0.717) is 23.3 Å². The van der Waals surface area contributed by atoms with Crippen LogP contribution in [0.1, 0.15) is 56.3 Å². The number of fused-ring (bicyclic) bond motifs is 1. The monoisotopic (exact) mass is 316 g/mol. The van der Waals surface area contributed by atoms with Crippen LogP contribution in [0, 0.1) is 23.2 Å². The van der Waals surface area contributed by atoms with Gasteiger partial charge in [0.05, 0.1) is 5.56 Å². The lowest BCUT2D eigenvalue weighted by molar-refractivity contribution is -0.0498. The highest BCUT2D eigenvalue weighted by atomic mass is 16.5. The predicted molar refractivity (Wildman–Crippen MR) is 90.1 cm³/mol. The van der Waals surface area contributed by atoms with Crippen LogP contribution >= 0.6 is 0 Å². The van der Waals surface area contributed by atoms with Gasteiger partial charge in [0, 0.05) is 12.5 Å². The third kappa shape index (κ3) is 3.03. The minimum absolute atomic E-state index is 0.0253. The molecule has 3 heteroatoms. The lowest BCUT2D eigenvalue weighted by Crippen LogP contribution is -2.43. The van der Waals surface area contributed by atoms with Crippen molar-refractivity contribution in [2.45, 2.75) is 52.1 Å². The zero-order chi connectivity index (χ0) is 16.4. The number of aliphatic hydroxyl groups excluding tert-OH is 1. The van der Waals surface area contributed by atoms with Gasteiger partial charge in [-0.3, -0.25) is 0 Å². The van der Waals surface area contributed by atoms with Gasteiger partial charge in [-0.1, -0.05) is 32.0 Å². The molecule has 2 aliphatic rings. The van der Waals surface area contributed by atoms with Crippen LogP contribution in [-0.2, 0) is 4.74 Å². The lowest BCUT2D eigenvalue weighted by atomic mass is 9.62. The highest BCUT2D eigenvalue weighted by molar-refractivity contribution is 5.89. The molecular weight excluding hydrogens is 288 g/mol. The fourth-order valence-electron chi connectivity index (χ4n) is 5.14. The zero-order valence-corrected chi connectivity index (χ0v) is 14.2. The smallest absolute Gasteiger partial charge is 0.338 e. The topological polar surface area (TPSA) is 46.5 Å². The Balaban J connectivity index is 1.74. The van der Waals surface area contributed by atoms with Gasteiger partial charge in [0.2, 0.25) is 0 Å². The number of ether oxygens (including phenoxy) is 1. The predicted octanol–water partition coefficient (Wildman–Crippen LogP) is 4.06. The van der Waals surface area contributed by atoms with Gasteiger partial charge in [0.15, 0.2) is 0 Å². The van der Waals surface area contributed by atoms with Crippen molar-refractivity contribution in [1.82, 2.24) is 0 Å². The SMILES string of the molecule is C[C@H](CO)[C@H]1CCC2[C@@H](OC(=O)c3ccccc3)CCC[C@@]21C. The molecule has 3 rings (SSSR count). The molecule has 0 aromatic heterocycles. The second kappa shape index (κ2) is 6.64. The van der Waals surface area contributed by atoms with Crippen molar-refractivity contribution in [3.05, 3.63) is 35.9 Å². The van der Waals surface area contributed by atoms with E-state index in [2.05, 4.69) is 13.8 Å². The molecule has 5 atom stereocenters. The van der Waals surface area contributed by atoms with Gasteiger partial charge in [-0.25, -0.2) is 4.79 Å². The molecule has 0 heterocycles. The van der Waals surface area contributed by atoms with Crippen LogP contribution in [0.4, 0.5) is 0 Å². The number of carbonyl (C=O) groups excluding carboxylic acids is 1. The molecule has 2 aliphatic carbocycles. The molecule has 1 aromatic rings. The van der Waals surface area contributed by atoms with Gasteiger partial charge >= 0.3 is 5.97 Å². The van der Waals surface area contributed by atoms with Crippen LogP contribution < -0.4 is 0 Å². The van der Waals surface area contributed by atoms with Crippen molar-refractivity contribution in [1.29, 1.82) is 0 Å². The van der Waals surface area contributed by atoms with Crippen molar-refractivity contribution in [2.75, 3.05) is 6.61 Å². The summed E-state index contributed by atoms with van der Waals surface area (Å²) in [6.07, 6.45) is 5.54. The van der Waals surface area contributed by atoms with Gasteiger partial charge < -0.3 is 9.84 Å². The van der Waals surface area contributed by atoms with Crippen LogP contribution in [0.5, 0.6) is 0 Å². The Labute approximate surface area is 139 Å². The normalized spacial score (nSPS) is 34.7. The molecule has 1 unspecified atom stereocenters. The van der Waals surface area contributed by atoms with E-state index < -0.39 is 0 Å². The third-order valence-corrected chi connectivity index (χ3v) is 6.38. The number of benzene rings is 1. The molecule has 0 amide bonds. The number of hydrogen-bond donors (Lipinski definition) is 1. The standard InChI is InChI=1S/C20H28O3/c1-14(13-21)16-10-11-17-18(9-6-12-20(16,17)2)23-19(22)15-7-4-3-5-8-15/h3-5,7-8,14,16-18,21H,6,9-13H2,1-2H3/t14-,16-,17?,18+,20-/m1/s1. The number of carbonyl (C=O) groups is 1. The van der Waals surface area contributed by atoms with E-state index in [1.54, 1.807) is 0 Å². The summed E-state index contributed by atoms with van der Waals surface area (Å²) in [7, 11) is 0. The second-order valence-electron chi connectivity index (χ2n) is 7.66.